The number of ether oxygens (including phenoxy) is 1. The maximum absolute atomic E-state index is 13.9. The highest BCUT2D eigenvalue weighted by atomic mass is 19.2. The maximum Gasteiger partial charge on any atom is 0.325 e. The number of hydrogen-bond donors (Lipinski definition) is 0. The number of esters is 1. The van der Waals surface area contributed by atoms with E-state index in [4.69, 9.17) is 10.00 Å². The molecule has 0 heterocycles. The van der Waals surface area contributed by atoms with E-state index in [-0.39, 0.29) is 24.4 Å². The summed E-state index contributed by atoms with van der Waals surface area (Å²) in [6.45, 7) is 3.97. The fraction of sp³-hybridized carbons (Fsp3) is 0.429. The van der Waals surface area contributed by atoms with Gasteiger partial charge in [0.15, 0.2) is 11.6 Å². The summed E-state index contributed by atoms with van der Waals surface area (Å²) in [6.07, 6.45) is 0.653. The van der Waals surface area contributed by atoms with Crippen molar-refractivity contribution in [3.63, 3.8) is 0 Å². The second-order valence-corrected chi connectivity index (χ2v) is 4.10. The Balaban J connectivity index is 3.06. The Morgan fingerprint density at radius 3 is 2.60 bits per heavy atom. The van der Waals surface area contributed by atoms with Crippen LogP contribution in [0.25, 0.3) is 0 Å². The van der Waals surface area contributed by atoms with Crippen molar-refractivity contribution >= 4 is 11.7 Å². The van der Waals surface area contributed by atoms with Gasteiger partial charge in [0.05, 0.1) is 17.9 Å². The van der Waals surface area contributed by atoms with Gasteiger partial charge in [0.1, 0.15) is 12.6 Å². The minimum Gasteiger partial charge on any atom is -0.465 e. The third-order valence-corrected chi connectivity index (χ3v) is 2.64. The lowest BCUT2D eigenvalue weighted by atomic mass is 10.1. The molecule has 1 aromatic rings. The van der Waals surface area contributed by atoms with Crippen LogP contribution in [0.2, 0.25) is 0 Å². The van der Waals surface area contributed by atoms with Crippen LogP contribution in [-0.2, 0) is 9.53 Å². The molecule has 0 saturated carbocycles. The van der Waals surface area contributed by atoms with Crippen LogP contribution in [0.4, 0.5) is 14.5 Å². The molecule has 4 nitrogen and oxygen atoms in total. The summed E-state index contributed by atoms with van der Waals surface area (Å²) in [7, 11) is 0. The Kier molecular flexibility index (Phi) is 5.91. The molecule has 0 aliphatic heterocycles. The quantitative estimate of drug-likeness (QED) is 0.753. The van der Waals surface area contributed by atoms with Crippen LogP contribution >= 0.6 is 0 Å². The van der Waals surface area contributed by atoms with Gasteiger partial charge in [-0.1, -0.05) is 6.92 Å². The van der Waals surface area contributed by atoms with Gasteiger partial charge in [0, 0.05) is 6.54 Å². The third kappa shape index (κ3) is 3.67. The first kappa shape index (κ1) is 15.9. The van der Waals surface area contributed by atoms with Gasteiger partial charge in [-0.2, -0.15) is 5.26 Å². The molecule has 0 aliphatic carbocycles. The summed E-state index contributed by atoms with van der Waals surface area (Å²) in [6, 6.07) is 4.06. The number of nitriles is 1. The molecule has 0 radical (unpaired) electrons. The highest BCUT2D eigenvalue weighted by molar-refractivity contribution is 5.76. The minimum atomic E-state index is -1.20. The van der Waals surface area contributed by atoms with Crippen molar-refractivity contribution in [2.45, 2.75) is 20.3 Å². The zero-order valence-electron chi connectivity index (χ0n) is 11.4. The van der Waals surface area contributed by atoms with Crippen LogP contribution in [0.5, 0.6) is 0 Å². The first-order valence-electron chi connectivity index (χ1n) is 6.33. The smallest absolute Gasteiger partial charge is 0.325 e. The normalized spacial score (nSPS) is 9.95. The predicted molar refractivity (Wildman–Crippen MR) is 70.2 cm³/mol. The van der Waals surface area contributed by atoms with Crippen LogP contribution in [0, 0.1) is 23.0 Å². The minimum absolute atomic E-state index is 0.0450. The molecule has 0 spiro atoms. The zero-order valence-corrected chi connectivity index (χ0v) is 11.4. The average Bonchev–Trinajstić information content (AvgIpc) is 2.42. The van der Waals surface area contributed by atoms with Crippen LogP contribution < -0.4 is 4.90 Å². The second kappa shape index (κ2) is 7.43. The van der Waals surface area contributed by atoms with Crippen molar-refractivity contribution in [2.24, 2.45) is 0 Å². The highest BCUT2D eigenvalue weighted by Gasteiger charge is 2.20. The lowest BCUT2D eigenvalue weighted by Crippen LogP contribution is -2.32. The van der Waals surface area contributed by atoms with Crippen molar-refractivity contribution in [1.82, 2.24) is 0 Å². The van der Waals surface area contributed by atoms with Gasteiger partial charge in [0.2, 0.25) is 0 Å². The molecule has 0 aliphatic rings. The van der Waals surface area contributed by atoms with E-state index in [1.807, 2.05) is 6.92 Å². The van der Waals surface area contributed by atoms with Crippen LogP contribution in [0.15, 0.2) is 12.1 Å². The summed E-state index contributed by atoms with van der Waals surface area (Å²) in [5, 5.41) is 8.65. The van der Waals surface area contributed by atoms with Crippen molar-refractivity contribution in [3.05, 3.63) is 29.3 Å². The molecule has 108 valence electrons. The van der Waals surface area contributed by atoms with Gasteiger partial charge in [-0.15, -0.1) is 0 Å². The fourth-order valence-corrected chi connectivity index (χ4v) is 1.79. The number of rotatable bonds is 6. The van der Waals surface area contributed by atoms with E-state index < -0.39 is 17.6 Å². The number of carbonyl (C=O) groups excluding carboxylic acids is 1. The largest absolute Gasteiger partial charge is 0.465 e. The SMILES string of the molecule is CCCN(CC(=O)OCC)c1ccc(C#N)c(F)c1F. The molecule has 1 rings (SSSR count). The lowest BCUT2D eigenvalue weighted by Gasteiger charge is -2.23. The molecule has 0 bridgehead atoms. The van der Waals surface area contributed by atoms with E-state index in [2.05, 4.69) is 0 Å². The van der Waals surface area contributed by atoms with E-state index in [1.54, 1.807) is 13.0 Å². The predicted octanol–water partition coefficient (Wildman–Crippen LogP) is 2.62. The monoisotopic (exact) mass is 282 g/mol. The van der Waals surface area contributed by atoms with Gasteiger partial charge in [-0.3, -0.25) is 4.79 Å². The van der Waals surface area contributed by atoms with Crippen molar-refractivity contribution in [2.75, 3.05) is 24.6 Å². The number of hydrogen-bond acceptors (Lipinski definition) is 4. The van der Waals surface area contributed by atoms with Crippen molar-refractivity contribution < 1.29 is 18.3 Å². The molecular formula is C14H16F2N2O2. The summed E-state index contributed by atoms with van der Waals surface area (Å²) in [5.74, 6) is -2.83. The number of anilines is 1. The number of carbonyl (C=O) groups is 1. The zero-order chi connectivity index (χ0) is 15.1. The Labute approximate surface area is 116 Å². The second-order valence-electron chi connectivity index (χ2n) is 4.10. The first-order chi connectivity index (χ1) is 9.54. The van der Waals surface area contributed by atoms with Crippen molar-refractivity contribution in [3.8, 4) is 6.07 Å². The molecule has 20 heavy (non-hydrogen) atoms. The Bertz CT molecular complexity index is 527. The van der Waals surface area contributed by atoms with Crippen LogP contribution in [-0.4, -0.2) is 25.7 Å². The highest BCUT2D eigenvalue weighted by Crippen LogP contribution is 2.24. The van der Waals surface area contributed by atoms with E-state index in [1.165, 1.54) is 17.0 Å². The fourth-order valence-electron chi connectivity index (χ4n) is 1.79. The third-order valence-electron chi connectivity index (χ3n) is 2.64. The molecule has 0 N–H and O–H groups in total. The Morgan fingerprint density at radius 1 is 1.35 bits per heavy atom. The summed E-state index contributed by atoms with van der Waals surface area (Å²) in [5.41, 5.74) is -0.407. The molecule has 0 atom stereocenters. The van der Waals surface area contributed by atoms with Gasteiger partial charge in [-0.05, 0) is 25.5 Å². The molecule has 6 heteroatoms. The molecule has 0 fully saturated rings. The molecule has 0 saturated heterocycles. The topological polar surface area (TPSA) is 53.3 Å². The van der Waals surface area contributed by atoms with E-state index in [0.29, 0.717) is 13.0 Å². The number of halogens is 2. The van der Waals surface area contributed by atoms with Gasteiger partial charge < -0.3 is 9.64 Å². The first-order valence-corrected chi connectivity index (χ1v) is 6.33. The number of benzene rings is 1. The van der Waals surface area contributed by atoms with E-state index in [0.717, 1.165) is 0 Å². The molecule has 0 amide bonds. The van der Waals surface area contributed by atoms with Gasteiger partial charge >= 0.3 is 5.97 Å². The Hall–Kier alpha value is -2.16. The maximum atomic E-state index is 13.9. The number of nitrogens with zero attached hydrogens (tertiary/aromatic N) is 2. The van der Waals surface area contributed by atoms with Crippen LogP contribution in [0.1, 0.15) is 25.8 Å². The average molecular weight is 282 g/mol. The molecular weight excluding hydrogens is 266 g/mol. The van der Waals surface area contributed by atoms with Crippen molar-refractivity contribution in [1.29, 1.82) is 5.26 Å². The Morgan fingerprint density at radius 2 is 2.05 bits per heavy atom. The summed E-state index contributed by atoms with van der Waals surface area (Å²) >= 11 is 0. The lowest BCUT2D eigenvalue weighted by molar-refractivity contribution is -0.141. The molecule has 0 unspecified atom stereocenters. The molecule has 0 aromatic heterocycles. The van der Waals surface area contributed by atoms with Crippen LogP contribution in [0.3, 0.4) is 0 Å². The van der Waals surface area contributed by atoms with Gasteiger partial charge in [0.25, 0.3) is 0 Å². The van der Waals surface area contributed by atoms with Gasteiger partial charge in [-0.25, -0.2) is 8.78 Å². The standard InChI is InChI=1S/C14H16F2N2O2/c1-3-7-18(9-12(19)20-4-2)11-6-5-10(8-17)13(15)14(11)16/h5-6H,3-4,7,9H2,1-2H3. The summed E-state index contributed by atoms with van der Waals surface area (Å²) < 4.78 is 32.4. The summed E-state index contributed by atoms with van der Waals surface area (Å²) in [4.78, 5) is 12.9. The molecule has 1 aromatic carbocycles. The van der Waals surface area contributed by atoms with E-state index in [9.17, 15) is 13.6 Å². The van der Waals surface area contributed by atoms with E-state index >= 15 is 0 Å².